The van der Waals surface area contributed by atoms with Gasteiger partial charge >= 0.3 is 0 Å². The maximum absolute atomic E-state index is 13.4. The minimum absolute atomic E-state index is 0.312. The molecule has 18 heavy (non-hydrogen) atoms. The topological polar surface area (TPSA) is 12.0 Å². The van der Waals surface area contributed by atoms with Gasteiger partial charge in [-0.1, -0.05) is 39.0 Å². The first-order valence-corrected chi connectivity index (χ1v) is 7.60. The third kappa shape index (κ3) is 7.02. The largest absolute Gasteiger partial charge is 0.309 e. The Hall–Kier alpha value is -0.540. The lowest BCUT2D eigenvalue weighted by Gasteiger charge is -2.19. The minimum Gasteiger partial charge on any atom is -0.309 e. The van der Waals surface area contributed by atoms with E-state index in [4.69, 9.17) is 0 Å². The van der Waals surface area contributed by atoms with Gasteiger partial charge in [0.15, 0.2) is 0 Å². The molecule has 0 aromatic carbocycles. The lowest BCUT2D eigenvalue weighted by atomic mass is 10.1. The van der Waals surface area contributed by atoms with Crippen LogP contribution in [0.2, 0.25) is 0 Å². The molecule has 0 saturated carbocycles. The first kappa shape index (κ1) is 17.5. The summed E-state index contributed by atoms with van der Waals surface area (Å²) in [7, 11) is 0. The van der Waals surface area contributed by atoms with Gasteiger partial charge in [-0.05, 0) is 30.7 Å². The van der Waals surface area contributed by atoms with E-state index in [1.165, 1.54) is 0 Å². The Kier molecular flexibility index (Phi) is 10.1. The summed E-state index contributed by atoms with van der Waals surface area (Å²) in [5.41, 5.74) is 1.80. The third-order valence-electron chi connectivity index (χ3n) is 2.99. The fourth-order valence-electron chi connectivity index (χ4n) is 1.72. The van der Waals surface area contributed by atoms with Crippen LogP contribution in [0.5, 0.6) is 0 Å². The van der Waals surface area contributed by atoms with Gasteiger partial charge < -0.3 is 5.32 Å². The second-order valence-electron chi connectivity index (χ2n) is 4.38. The van der Waals surface area contributed by atoms with Crippen molar-refractivity contribution in [3.63, 3.8) is 0 Å². The fourth-order valence-corrected chi connectivity index (χ4v) is 2.37. The molecule has 0 aromatic heterocycles. The highest BCUT2D eigenvalue weighted by Gasteiger charge is 2.10. The minimum atomic E-state index is -0.312. The van der Waals surface area contributed by atoms with Gasteiger partial charge in [0.05, 0.1) is 0 Å². The van der Waals surface area contributed by atoms with Crippen LogP contribution in [0, 0.1) is 0 Å². The second-order valence-corrected chi connectivity index (χ2v) is 5.38. The van der Waals surface area contributed by atoms with Crippen molar-refractivity contribution in [1.29, 1.82) is 0 Å². The van der Waals surface area contributed by atoms with Crippen molar-refractivity contribution < 1.29 is 4.39 Å². The van der Waals surface area contributed by atoms with Crippen molar-refractivity contribution in [3.8, 4) is 0 Å². The molecule has 1 unspecified atom stereocenters. The van der Waals surface area contributed by atoms with Crippen LogP contribution >= 0.6 is 11.8 Å². The summed E-state index contributed by atoms with van der Waals surface area (Å²) < 4.78 is 13.4. The summed E-state index contributed by atoms with van der Waals surface area (Å²) in [5.74, 6) is 0.669. The maximum Gasteiger partial charge on any atom is 0.120 e. The van der Waals surface area contributed by atoms with Gasteiger partial charge in [-0.25, -0.2) is 4.39 Å². The van der Waals surface area contributed by atoms with Gasteiger partial charge in [0, 0.05) is 18.3 Å². The Bertz CT molecular complexity index is 297. The molecule has 0 aliphatic heterocycles. The van der Waals surface area contributed by atoms with Gasteiger partial charge in [-0.15, -0.1) is 11.8 Å². The molecule has 0 heterocycles. The van der Waals surface area contributed by atoms with Crippen LogP contribution in [0.1, 0.15) is 40.0 Å². The molecule has 0 amide bonds. The standard InChI is InChI=1S/C15H26FNS/c1-6-9-14(11-18-8-3)17-10-15(13(5)16)12(4)7-2/h8,14,17H,3,5-7,9-11H2,1-2,4H3/b15-12+. The summed E-state index contributed by atoms with van der Waals surface area (Å²) >= 11 is 1.70. The van der Waals surface area contributed by atoms with Crippen molar-refractivity contribution in [3.05, 3.63) is 35.5 Å². The van der Waals surface area contributed by atoms with E-state index in [0.717, 1.165) is 36.2 Å². The van der Waals surface area contributed by atoms with Gasteiger partial charge in [-0.3, -0.25) is 0 Å². The number of allylic oxidation sites excluding steroid dienone is 1. The Morgan fingerprint density at radius 2 is 2.11 bits per heavy atom. The van der Waals surface area contributed by atoms with Crippen LogP contribution in [0.3, 0.4) is 0 Å². The summed E-state index contributed by atoms with van der Waals surface area (Å²) in [5, 5.41) is 5.28. The van der Waals surface area contributed by atoms with Gasteiger partial charge in [0.2, 0.25) is 0 Å². The molecule has 0 rings (SSSR count). The third-order valence-corrected chi connectivity index (χ3v) is 3.82. The average Bonchev–Trinajstić information content (AvgIpc) is 2.35. The van der Waals surface area contributed by atoms with Crippen LogP contribution in [0.15, 0.2) is 35.5 Å². The summed E-state index contributed by atoms with van der Waals surface area (Å²) in [6, 6.07) is 0.400. The van der Waals surface area contributed by atoms with Crippen molar-refractivity contribution in [2.45, 2.75) is 46.1 Å². The molecular formula is C15H26FNS. The van der Waals surface area contributed by atoms with E-state index >= 15 is 0 Å². The highest BCUT2D eigenvalue weighted by Crippen LogP contribution is 2.17. The fraction of sp³-hybridized carbons (Fsp3) is 0.600. The second kappa shape index (κ2) is 10.4. The summed E-state index contributed by atoms with van der Waals surface area (Å²) in [6.07, 6.45) is 3.08. The zero-order valence-corrected chi connectivity index (χ0v) is 12.7. The lowest BCUT2D eigenvalue weighted by molar-refractivity contribution is 0.527. The monoisotopic (exact) mass is 271 g/mol. The van der Waals surface area contributed by atoms with E-state index in [0.29, 0.717) is 12.6 Å². The van der Waals surface area contributed by atoms with Gasteiger partial charge in [0.25, 0.3) is 0 Å². The van der Waals surface area contributed by atoms with Crippen LogP contribution in [-0.4, -0.2) is 18.3 Å². The smallest absolute Gasteiger partial charge is 0.120 e. The zero-order chi connectivity index (χ0) is 14.0. The first-order valence-electron chi connectivity index (χ1n) is 6.56. The number of hydrogen-bond acceptors (Lipinski definition) is 2. The quantitative estimate of drug-likeness (QED) is 0.571. The molecule has 1 nitrogen and oxygen atoms in total. The van der Waals surface area contributed by atoms with Crippen LogP contribution in [0.4, 0.5) is 4.39 Å². The van der Waals surface area contributed by atoms with E-state index in [2.05, 4.69) is 25.4 Å². The predicted octanol–water partition coefficient (Wildman–Crippen LogP) is 4.83. The SMILES string of the molecule is C=CSCC(CCC)NC/C(C(=C)F)=C(/C)CC. The van der Waals surface area contributed by atoms with Crippen molar-refractivity contribution in [2.75, 3.05) is 12.3 Å². The summed E-state index contributed by atoms with van der Waals surface area (Å²) in [4.78, 5) is 0. The molecule has 0 aliphatic rings. The van der Waals surface area contributed by atoms with Crippen molar-refractivity contribution in [1.82, 2.24) is 5.32 Å². The van der Waals surface area contributed by atoms with Gasteiger partial charge in [0.1, 0.15) is 5.83 Å². The molecule has 104 valence electrons. The number of hydrogen-bond donors (Lipinski definition) is 1. The summed E-state index contributed by atoms with van der Waals surface area (Å²) in [6.45, 7) is 13.9. The molecule has 0 fully saturated rings. The molecule has 0 radical (unpaired) electrons. The van der Waals surface area contributed by atoms with Crippen LogP contribution < -0.4 is 5.32 Å². The van der Waals surface area contributed by atoms with Crippen LogP contribution in [0.25, 0.3) is 0 Å². The van der Waals surface area contributed by atoms with E-state index in [1.54, 1.807) is 11.8 Å². The first-order chi connectivity index (χ1) is 8.56. The normalized spacial score (nSPS) is 14.0. The predicted molar refractivity (Wildman–Crippen MR) is 82.6 cm³/mol. The molecule has 1 atom stereocenters. The molecule has 0 aliphatic carbocycles. The molecular weight excluding hydrogens is 245 g/mol. The van der Waals surface area contributed by atoms with Crippen LogP contribution in [-0.2, 0) is 0 Å². The lowest BCUT2D eigenvalue weighted by Crippen LogP contribution is -2.33. The van der Waals surface area contributed by atoms with Gasteiger partial charge in [-0.2, -0.15) is 0 Å². The van der Waals surface area contributed by atoms with E-state index in [1.807, 2.05) is 19.3 Å². The zero-order valence-electron chi connectivity index (χ0n) is 11.9. The Balaban J connectivity index is 4.46. The number of rotatable bonds is 10. The van der Waals surface area contributed by atoms with E-state index in [-0.39, 0.29) is 5.83 Å². The Morgan fingerprint density at radius 1 is 1.44 bits per heavy atom. The Labute approximate surface area is 116 Å². The van der Waals surface area contributed by atoms with Crippen molar-refractivity contribution in [2.24, 2.45) is 0 Å². The maximum atomic E-state index is 13.4. The molecule has 0 bridgehead atoms. The molecule has 3 heteroatoms. The Morgan fingerprint density at radius 3 is 2.56 bits per heavy atom. The van der Waals surface area contributed by atoms with E-state index in [9.17, 15) is 4.39 Å². The molecule has 1 N–H and O–H groups in total. The number of thioether (sulfide) groups is 1. The molecule has 0 aromatic rings. The van der Waals surface area contributed by atoms with Crippen molar-refractivity contribution >= 4 is 11.8 Å². The molecule has 0 spiro atoms. The molecule has 0 saturated heterocycles. The average molecular weight is 271 g/mol. The highest BCUT2D eigenvalue weighted by atomic mass is 32.2. The number of halogens is 1. The highest BCUT2D eigenvalue weighted by molar-refractivity contribution is 8.02. The number of nitrogens with one attached hydrogen (secondary N) is 1. The van der Waals surface area contributed by atoms with E-state index < -0.39 is 0 Å².